The van der Waals surface area contributed by atoms with Gasteiger partial charge < -0.3 is 5.32 Å². The molecule has 1 N–H and O–H groups in total. The van der Waals surface area contributed by atoms with Crippen molar-refractivity contribution in [3.05, 3.63) is 12.3 Å². The van der Waals surface area contributed by atoms with Gasteiger partial charge in [0.05, 0.1) is 6.54 Å². The first-order valence-electron chi connectivity index (χ1n) is 3.17. The number of terminal acetylenes is 1. The van der Waals surface area contributed by atoms with E-state index in [0.717, 1.165) is 0 Å². The van der Waals surface area contributed by atoms with Crippen molar-refractivity contribution in [1.29, 1.82) is 0 Å². The maximum atomic E-state index is 10.6. The summed E-state index contributed by atoms with van der Waals surface area (Å²) in [5.74, 6) is 2.49. The van der Waals surface area contributed by atoms with E-state index in [1.807, 2.05) is 6.92 Å². The van der Waals surface area contributed by atoms with Gasteiger partial charge in [0, 0.05) is 12.6 Å². The highest BCUT2D eigenvalue weighted by atomic mass is 16.1. The van der Waals surface area contributed by atoms with Crippen molar-refractivity contribution >= 4 is 5.78 Å². The normalized spacial score (nSPS) is 9.20. The molecule has 0 rings (SSSR count). The summed E-state index contributed by atoms with van der Waals surface area (Å²) in [7, 11) is 0. The largest absolute Gasteiger partial charge is 0.380 e. The second-order valence-corrected chi connectivity index (χ2v) is 1.74. The zero-order valence-corrected chi connectivity index (χ0v) is 6.05. The molecule has 0 aromatic rings. The van der Waals surface area contributed by atoms with Crippen molar-refractivity contribution in [2.75, 3.05) is 6.54 Å². The average Bonchev–Trinajstić information content (AvgIpc) is 1.98. The minimum absolute atomic E-state index is 0.101. The first kappa shape index (κ1) is 8.77. The van der Waals surface area contributed by atoms with Crippen LogP contribution in [0.15, 0.2) is 12.3 Å². The topological polar surface area (TPSA) is 29.1 Å². The van der Waals surface area contributed by atoms with E-state index >= 15 is 0 Å². The second-order valence-electron chi connectivity index (χ2n) is 1.74. The van der Waals surface area contributed by atoms with Gasteiger partial charge in [0.15, 0.2) is 5.78 Å². The van der Waals surface area contributed by atoms with Crippen LogP contribution < -0.4 is 5.32 Å². The van der Waals surface area contributed by atoms with Crippen LogP contribution >= 0.6 is 0 Å². The van der Waals surface area contributed by atoms with Crippen LogP contribution in [-0.2, 0) is 4.79 Å². The van der Waals surface area contributed by atoms with Crippen LogP contribution in [0, 0.1) is 12.3 Å². The van der Waals surface area contributed by atoms with Crippen LogP contribution in [-0.4, -0.2) is 12.3 Å². The summed E-state index contributed by atoms with van der Waals surface area (Å²) in [6, 6.07) is 0. The number of ketones is 1. The Morgan fingerprint density at radius 3 is 3.00 bits per heavy atom. The first-order valence-corrected chi connectivity index (χ1v) is 3.17. The molecule has 0 bridgehead atoms. The fraction of sp³-hybridized carbons (Fsp3) is 0.375. The summed E-state index contributed by atoms with van der Waals surface area (Å²) in [5, 5.41) is 2.76. The van der Waals surface area contributed by atoms with E-state index in [-0.39, 0.29) is 5.78 Å². The van der Waals surface area contributed by atoms with Gasteiger partial charge in [-0.2, -0.15) is 0 Å². The van der Waals surface area contributed by atoms with Crippen molar-refractivity contribution in [2.45, 2.75) is 13.3 Å². The standard InChI is InChI=1S/C8H11NO/c1-3-6-9-7-5-8(10)4-2/h1,5,7,9H,4,6H2,2H3/b7-5-. The van der Waals surface area contributed by atoms with Crippen molar-refractivity contribution < 1.29 is 4.79 Å². The number of rotatable bonds is 4. The van der Waals surface area contributed by atoms with Gasteiger partial charge in [-0.05, 0) is 6.08 Å². The molecule has 0 amide bonds. The van der Waals surface area contributed by atoms with Crippen LogP contribution in [0.1, 0.15) is 13.3 Å². The quantitative estimate of drug-likeness (QED) is 0.351. The smallest absolute Gasteiger partial charge is 0.156 e. The Balaban J connectivity index is 3.38. The summed E-state index contributed by atoms with van der Waals surface area (Å²) in [6.45, 7) is 2.28. The van der Waals surface area contributed by atoms with Gasteiger partial charge in [0.1, 0.15) is 0 Å². The maximum Gasteiger partial charge on any atom is 0.156 e. The van der Waals surface area contributed by atoms with E-state index in [4.69, 9.17) is 6.42 Å². The lowest BCUT2D eigenvalue weighted by molar-refractivity contribution is -0.114. The second kappa shape index (κ2) is 5.90. The van der Waals surface area contributed by atoms with Crippen LogP contribution in [0.4, 0.5) is 0 Å². The van der Waals surface area contributed by atoms with Gasteiger partial charge in [-0.3, -0.25) is 4.79 Å². The molecular formula is C8H11NO. The number of hydrogen-bond acceptors (Lipinski definition) is 2. The Morgan fingerprint density at radius 2 is 2.50 bits per heavy atom. The van der Waals surface area contributed by atoms with Gasteiger partial charge in [-0.1, -0.05) is 12.8 Å². The third-order valence-corrected chi connectivity index (χ3v) is 0.940. The molecule has 54 valence electrons. The lowest BCUT2D eigenvalue weighted by Gasteiger charge is -1.89. The highest BCUT2D eigenvalue weighted by Gasteiger charge is 1.86. The van der Waals surface area contributed by atoms with Gasteiger partial charge in [-0.25, -0.2) is 0 Å². The molecule has 0 saturated carbocycles. The maximum absolute atomic E-state index is 10.6. The summed E-state index contributed by atoms with van der Waals surface area (Å²) in [5.41, 5.74) is 0. The molecule has 0 heterocycles. The van der Waals surface area contributed by atoms with E-state index in [9.17, 15) is 4.79 Å². The Hall–Kier alpha value is -1.23. The van der Waals surface area contributed by atoms with E-state index in [1.54, 1.807) is 6.20 Å². The SMILES string of the molecule is C#CCN/C=C\C(=O)CC. The molecule has 0 unspecified atom stereocenters. The molecule has 2 nitrogen and oxygen atoms in total. The molecule has 0 spiro atoms. The number of hydrogen-bond donors (Lipinski definition) is 1. The van der Waals surface area contributed by atoms with Gasteiger partial charge >= 0.3 is 0 Å². The molecule has 0 aliphatic carbocycles. The molecule has 0 fully saturated rings. The number of carbonyl (C=O) groups is 1. The van der Waals surface area contributed by atoms with Crippen molar-refractivity contribution in [3.8, 4) is 12.3 Å². The minimum Gasteiger partial charge on any atom is -0.380 e. The highest BCUT2D eigenvalue weighted by Crippen LogP contribution is 1.80. The van der Waals surface area contributed by atoms with Crippen LogP contribution in [0.2, 0.25) is 0 Å². The Kier molecular flexibility index (Phi) is 5.17. The molecule has 2 heteroatoms. The van der Waals surface area contributed by atoms with E-state index in [1.165, 1.54) is 6.08 Å². The molecule has 0 radical (unpaired) electrons. The molecule has 10 heavy (non-hydrogen) atoms. The van der Waals surface area contributed by atoms with Crippen LogP contribution in [0.25, 0.3) is 0 Å². The lowest BCUT2D eigenvalue weighted by Crippen LogP contribution is -2.04. The fourth-order valence-electron chi connectivity index (χ4n) is 0.388. The van der Waals surface area contributed by atoms with Gasteiger partial charge in [0.2, 0.25) is 0 Å². The highest BCUT2D eigenvalue weighted by molar-refractivity contribution is 5.89. The third-order valence-electron chi connectivity index (χ3n) is 0.940. The van der Waals surface area contributed by atoms with Crippen molar-refractivity contribution in [3.63, 3.8) is 0 Å². The molecule has 0 aliphatic rings. The first-order chi connectivity index (χ1) is 4.81. The van der Waals surface area contributed by atoms with Crippen molar-refractivity contribution in [2.24, 2.45) is 0 Å². The third kappa shape index (κ3) is 4.92. The van der Waals surface area contributed by atoms with E-state index in [0.29, 0.717) is 13.0 Å². The van der Waals surface area contributed by atoms with E-state index in [2.05, 4.69) is 11.2 Å². The average molecular weight is 137 g/mol. The van der Waals surface area contributed by atoms with Gasteiger partial charge in [0.25, 0.3) is 0 Å². The van der Waals surface area contributed by atoms with Crippen LogP contribution in [0.5, 0.6) is 0 Å². The number of allylic oxidation sites excluding steroid dienone is 1. The predicted octanol–water partition coefficient (Wildman–Crippen LogP) is 0.702. The lowest BCUT2D eigenvalue weighted by atomic mass is 10.3. The van der Waals surface area contributed by atoms with E-state index < -0.39 is 0 Å². The molecule has 0 aliphatic heterocycles. The summed E-state index contributed by atoms with van der Waals surface area (Å²) >= 11 is 0. The monoisotopic (exact) mass is 137 g/mol. The molecule has 0 aromatic carbocycles. The molecule has 0 aromatic heterocycles. The Morgan fingerprint density at radius 1 is 1.80 bits per heavy atom. The molecule has 0 saturated heterocycles. The zero-order chi connectivity index (χ0) is 7.82. The number of carbonyl (C=O) groups excluding carboxylic acids is 1. The Labute approximate surface area is 61.3 Å². The van der Waals surface area contributed by atoms with Crippen LogP contribution in [0.3, 0.4) is 0 Å². The molecule has 0 atom stereocenters. The molecular weight excluding hydrogens is 126 g/mol. The predicted molar refractivity (Wildman–Crippen MR) is 41.3 cm³/mol. The summed E-state index contributed by atoms with van der Waals surface area (Å²) in [4.78, 5) is 10.6. The fourth-order valence-corrected chi connectivity index (χ4v) is 0.388. The summed E-state index contributed by atoms with van der Waals surface area (Å²) in [6.07, 6.45) is 8.54. The van der Waals surface area contributed by atoms with Gasteiger partial charge in [-0.15, -0.1) is 6.42 Å². The summed E-state index contributed by atoms with van der Waals surface area (Å²) < 4.78 is 0. The zero-order valence-electron chi connectivity index (χ0n) is 6.05. The Bertz CT molecular complexity index is 165. The van der Waals surface area contributed by atoms with Crippen molar-refractivity contribution in [1.82, 2.24) is 5.32 Å². The number of nitrogens with one attached hydrogen (secondary N) is 1. The minimum atomic E-state index is 0.101.